The number of benzene rings is 1. The van der Waals surface area contributed by atoms with Gasteiger partial charge in [-0.3, -0.25) is 4.72 Å². The molecule has 0 amide bonds. The van der Waals surface area contributed by atoms with E-state index in [4.69, 9.17) is 23.2 Å². The Hall–Kier alpha value is -0.790. The van der Waals surface area contributed by atoms with Crippen LogP contribution in [0.1, 0.15) is 11.8 Å². The van der Waals surface area contributed by atoms with E-state index >= 15 is 0 Å². The first kappa shape index (κ1) is 16.6. The van der Waals surface area contributed by atoms with Crippen molar-refractivity contribution in [2.45, 2.75) is 17.7 Å². The monoisotopic (exact) mass is 364 g/mol. The van der Waals surface area contributed by atoms with E-state index in [2.05, 4.69) is 10.0 Å². The smallest absolute Gasteiger partial charge is 0.271 e. The van der Waals surface area contributed by atoms with Crippen LogP contribution in [0.3, 0.4) is 0 Å². The molecule has 0 aliphatic rings. The van der Waals surface area contributed by atoms with Gasteiger partial charge in [0, 0.05) is 11.4 Å². The molecule has 2 rings (SSSR count). The van der Waals surface area contributed by atoms with Gasteiger partial charge >= 0.3 is 0 Å². The Morgan fingerprint density at radius 2 is 1.95 bits per heavy atom. The Labute approximate surface area is 138 Å². The maximum absolute atomic E-state index is 12.3. The molecule has 1 heterocycles. The van der Waals surface area contributed by atoms with Crippen LogP contribution in [0.15, 0.2) is 34.5 Å². The fraction of sp³-hybridized carbons (Fsp3) is 0.231. The third-order valence-electron chi connectivity index (χ3n) is 2.65. The number of sulfonamides is 1. The lowest BCUT2D eigenvalue weighted by atomic mass is 10.3. The van der Waals surface area contributed by atoms with Gasteiger partial charge in [-0.25, -0.2) is 8.42 Å². The van der Waals surface area contributed by atoms with Gasteiger partial charge in [-0.1, -0.05) is 36.2 Å². The molecular weight excluding hydrogens is 351 g/mol. The first-order chi connectivity index (χ1) is 9.94. The Bertz CT molecular complexity index is 730. The Morgan fingerprint density at radius 3 is 2.67 bits per heavy atom. The van der Waals surface area contributed by atoms with Crippen LogP contribution in [-0.2, 0) is 16.6 Å². The van der Waals surface area contributed by atoms with Gasteiger partial charge in [0.25, 0.3) is 10.0 Å². The predicted molar refractivity (Wildman–Crippen MR) is 89.0 cm³/mol. The average molecular weight is 365 g/mol. The largest absolute Gasteiger partial charge is 0.312 e. The Kier molecular flexibility index (Phi) is 5.51. The highest BCUT2D eigenvalue weighted by atomic mass is 35.5. The van der Waals surface area contributed by atoms with Gasteiger partial charge < -0.3 is 5.32 Å². The van der Waals surface area contributed by atoms with E-state index in [1.54, 1.807) is 30.3 Å². The predicted octanol–water partition coefficient (Wildman–Crippen LogP) is 3.97. The molecule has 4 nitrogen and oxygen atoms in total. The summed E-state index contributed by atoms with van der Waals surface area (Å²) in [4.78, 5) is 0.953. The summed E-state index contributed by atoms with van der Waals surface area (Å²) in [5.74, 6) is 0. The van der Waals surface area contributed by atoms with Crippen molar-refractivity contribution in [3.8, 4) is 0 Å². The van der Waals surface area contributed by atoms with Crippen LogP contribution in [0.4, 0.5) is 5.69 Å². The van der Waals surface area contributed by atoms with E-state index in [0.29, 0.717) is 11.6 Å². The van der Waals surface area contributed by atoms with Gasteiger partial charge in [-0.2, -0.15) is 0 Å². The molecule has 0 radical (unpaired) electrons. The number of halogens is 2. The van der Waals surface area contributed by atoms with Crippen molar-refractivity contribution in [1.29, 1.82) is 0 Å². The summed E-state index contributed by atoms with van der Waals surface area (Å²) in [6.45, 7) is 3.47. The molecule has 0 atom stereocenters. The van der Waals surface area contributed by atoms with Crippen LogP contribution in [0.25, 0.3) is 0 Å². The Morgan fingerprint density at radius 1 is 1.19 bits per heavy atom. The second kappa shape index (κ2) is 6.98. The van der Waals surface area contributed by atoms with E-state index < -0.39 is 10.0 Å². The van der Waals surface area contributed by atoms with Crippen molar-refractivity contribution >= 4 is 50.2 Å². The number of thiophene rings is 1. The zero-order valence-corrected chi connectivity index (χ0v) is 14.3. The Balaban J connectivity index is 2.22. The van der Waals surface area contributed by atoms with Crippen LogP contribution >= 0.6 is 34.5 Å². The third kappa shape index (κ3) is 4.11. The van der Waals surface area contributed by atoms with Crippen molar-refractivity contribution in [2.75, 3.05) is 11.3 Å². The van der Waals surface area contributed by atoms with E-state index in [1.807, 2.05) is 6.92 Å². The molecule has 114 valence electrons. The SMILES string of the molecule is CCNCc1ccc(S(=O)(=O)Nc2cccc(Cl)c2Cl)s1. The summed E-state index contributed by atoms with van der Waals surface area (Å²) in [5.41, 5.74) is 0.269. The minimum Gasteiger partial charge on any atom is -0.312 e. The molecular formula is C13H14Cl2N2O2S2. The maximum atomic E-state index is 12.3. The fourth-order valence-electron chi connectivity index (χ4n) is 1.62. The zero-order valence-electron chi connectivity index (χ0n) is 11.2. The molecule has 1 aromatic heterocycles. The summed E-state index contributed by atoms with van der Waals surface area (Å²) in [7, 11) is -3.66. The van der Waals surface area contributed by atoms with E-state index in [0.717, 1.165) is 11.4 Å². The van der Waals surface area contributed by atoms with Crippen LogP contribution in [-0.4, -0.2) is 15.0 Å². The molecule has 0 fully saturated rings. The highest BCUT2D eigenvalue weighted by molar-refractivity contribution is 7.94. The van der Waals surface area contributed by atoms with Gasteiger partial charge in [0.2, 0.25) is 0 Å². The first-order valence-electron chi connectivity index (χ1n) is 6.20. The topological polar surface area (TPSA) is 58.2 Å². The van der Waals surface area contributed by atoms with Crippen LogP contribution in [0.2, 0.25) is 10.0 Å². The van der Waals surface area contributed by atoms with Crippen LogP contribution < -0.4 is 10.0 Å². The number of hydrogen-bond acceptors (Lipinski definition) is 4. The quantitative estimate of drug-likeness (QED) is 0.815. The minimum atomic E-state index is -3.66. The number of rotatable bonds is 6. The maximum Gasteiger partial charge on any atom is 0.271 e. The van der Waals surface area contributed by atoms with Crippen molar-refractivity contribution in [3.63, 3.8) is 0 Å². The zero-order chi connectivity index (χ0) is 15.5. The highest BCUT2D eigenvalue weighted by Crippen LogP contribution is 2.32. The summed E-state index contributed by atoms with van der Waals surface area (Å²) >= 11 is 13.1. The first-order valence-corrected chi connectivity index (χ1v) is 9.26. The molecule has 1 aromatic carbocycles. The molecule has 2 N–H and O–H groups in total. The summed E-state index contributed by atoms with van der Waals surface area (Å²) in [5, 5.41) is 3.64. The minimum absolute atomic E-state index is 0.187. The molecule has 0 saturated heterocycles. The van der Waals surface area contributed by atoms with Gasteiger partial charge in [0.1, 0.15) is 4.21 Å². The van der Waals surface area contributed by atoms with E-state index in [9.17, 15) is 8.42 Å². The van der Waals surface area contributed by atoms with Crippen LogP contribution in [0, 0.1) is 0 Å². The highest BCUT2D eigenvalue weighted by Gasteiger charge is 2.18. The number of nitrogens with one attached hydrogen (secondary N) is 2. The van der Waals surface area contributed by atoms with Crippen LogP contribution in [0.5, 0.6) is 0 Å². The lowest BCUT2D eigenvalue weighted by Crippen LogP contribution is -2.12. The van der Waals surface area contributed by atoms with Gasteiger partial charge in [-0.05, 0) is 30.8 Å². The molecule has 0 unspecified atom stereocenters. The lowest BCUT2D eigenvalue weighted by molar-refractivity contribution is 0.603. The molecule has 21 heavy (non-hydrogen) atoms. The number of anilines is 1. The molecule has 0 aliphatic heterocycles. The van der Waals surface area contributed by atoms with Crippen molar-refractivity contribution in [2.24, 2.45) is 0 Å². The number of hydrogen-bond donors (Lipinski definition) is 2. The molecule has 0 bridgehead atoms. The third-order valence-corrected chi connectivity index (χ3v) is 6.41. The second-order valence-electron chi connectivity index (χ2n) is 4.21. The molecule has 2 aromatic rings. The van der Waals surface area contributed by atoms with Gasteiger partial charge in [0.05, 0.1) is 15.7 Å². The lowest BCUT2D eigenvalue weighted by Gasteiger charge is -2.08. The van der Waals surface area contributed by atoms with E-state index in [-0.39, 0.29) is 14.9 Å². The summed E-state index contributed by atoms with van der Waals surface area (Å²) in [6, 6.07) is 8.18. The average Bonchev–Trinajstić information content (AvgIpc) is 2.91. The fourth-order valence-corrected chi connectivity index (χ4v) is 4.42. The summed E-state index contributed by atoms with van der Waals surface area (Å²) < 4.78 is 27.4. The van der Waals surface area contributed by atoms with E-state index in [1.165, 1.54) is 11.3 Å². The normalized spacial score (nSPS) is 11.6. The molecule has 0 spiro atoms. The standard InChI is InChI=1S/C13H14Cl2N2O2S2/c1-2-16-8-9-6-7-12(20-9)21(18,19)17-11-5-3-4-10(14)13(11)15/h3-7,16-17H,2,8H2,1H3. The molecule has 8 heteroatoms. The summed E-state index contributed by atoms with van der Waals surface area (Å²) in [6.07, 6.45) is 0. The molecule has 0 aliphatic carbocycles. The van der Waals surface area contributed by atoms with Gasteiger partial charge in [0.15, 0.2) is 0 Å². The van der Waals surface area contributed by atoms with Crippen molar-refractivity contribution < 1.29 is 8.42 Å². The molecule has 0 saturated carbocycles. The second-order valence-corrected chi connectivity index (χ2v) is 8.07. The van der Waals surface area contributed by atoms with Gasteiger partial charge in [-0.15, -0.1) is 11.3 Å². The van der Waals surface area contributed by atoms with Crippen molar-refractivity contribution in [3.05, 3.63) is 45.3 Å². The van der Waals surface area contributed by atoms with Crippen molar-refractivity contribution in [1.82, 2.24) is 5.32 Å².